The first kappa shape index (κ1) is 15.5. The van der Waals surface area contributed by atoms with Crippen LogP contribution in [-0.4, -0.2) is 29.6 Å². The summed E-state index contributed by atoms with van der Waals surface area (Å²) in [5.41, 5.74) is 1.69. The molecule has 0 aromatic heterocycles. The smallest absolute Gasteiger partial charge is 0.313 e. The lowest BCUT2D eigenvalue weighted by Gasteiger charge is -2.30. The average molecular weight is 290 g/mol. The van der Waals surface area contributed by atoms with Crippen LogP contribution in [0.4, 0.5) is 5.69 Å². The van der Waals surface area contributed by atoms with Crippen molar-refractivity contribution >= 4 is 17.5 Å². The molecule has 0 heterocycles. The van der Waals surface area contributed by atoms with E-state index in [9.17, 15) is 14.7 Å². The molecule has 1 aliphatic rings. The molecule has 0 bridgehead atoms. The molecule has 0 saturated heterocycles. The van der Waals surface area contributed by atoms with Crippen molar-refractivity contribution in [2.24, 2.45) is 5.92 Å². The number of benzene rings is 1. The summed E-state index contributed by atoms with van der Waals surface area (Å²) in [6.45, 7) is 2.00. The number of anilines is 1. The van der Waals surface area contributed by atoms with Gasteiger partial charge in [0.15, 0.2) is 0 Å². The zero-order valence-corrected chi connectivity index (χ0v) is 12.3. The van der Waals surface area contributed by atoms with Gasteiger partial charge in [-0.15, -0.1) is 0 Å². The van der Waals surface area contributed by atoms with Crippen molar-refractivity contribution in [2.45, 2.75) is 38.6 Å². The highest BCUT2D eigenvalue weighted by Crippen LogP contribution is 2.23. The standard InChI is InChI=1S/C16H22N2O3/c1-11-6-8-13(9-7-11)17-15(20)16(21)18-14-5-3-2-4-12(14)10-19/h6-9,12,14,19H,2-5,10H2,1H3,(H,17,20)(H,18,21). The molecule has 5 nitrogen and oxygen atoms in total. The van der Waals surface area contributed by atoms with Crippen molar-refractivity contribution in [1.82, 2.24) is 5.32 Å². The van der Waals surface area contributed by atoms with E-state index in [0.29, 0.717) is 5.69 Å². The molecule has 0 radical (unpaired) electrons. The number of carbonyl (C=O) groups excluding carboxylic acids is 2. The summed E-state index contributed by atoms with van der Waals surface area (Å²) in [6, 6.07) is 7.15. The quantitative estimate of drug-likeness (QED) is 0.740. The monoisotopic (exact) mass is 290 g/mol. The molecule has 2 atom stereocenters. The van der Waals surface area contributed by atoms with Gasteiger partial charge in [-0.05, 0) is 31.9 Å². The maximum absolute atomic E-state index is 11.9. The molecule has 114 valence electrons. The van der Waals surface area contributed by atoms with Crippen molar-refractivity contribution in [3.05, 3.63) is 29.8 Å². The third-order valence-electron chi connectivity index (χ3n) is 3.98. The number of carbonyl (C=O) groups is 2. The van der Waals surface area contributed by atoms with Gasteiger partial charge >= 0.3 is 11.8 Å². The van der Waals surface area contributed by atoms with E-state index in [4.69, 9.17) is 0 Å². The van der Waals surface area contributed by atoms with Crippen LogP contribution in [0.25, 0.3) is 0 Å². The number of aliphatic hydroxyl groups excluding tert-OH is 1. The van der Waals surface area contributed by atoms with E-state index >= 15 is 0 Å². The van der Waals surface area contributed by atoms with Crippen molar-refractivity contribution in [3.8, 4) is 0 Å². The fourth-order valence-corrected chi connectivity index (χ4v) is 2.67. The first-order chi connectivity index (χ1) is 10.1. The van der Waals surface area contributed by atoms with E-state index in [1.54, 1.807) is 12.1 Å². The molecule has 21 heavy (non-hydrogen) atoms. The number of nitrogens with one attached hydrogen (secondary N) is 2. The number of aryl methyl sites for hydroxylation is 1. The van der Waals surface area contributed by atoms with Gasteiger partial charge < -0.3 is 15.7 Å². The third kappa shape index (κ3) is 4.29. The summed E-state index contributed by atoms with van der Waals surface area (Å²) in [7, 11) is 0. The van der Waals surface area contributed by atoms with Crippen LogP contribution in [-0.2, 0) is 9.59 Å². The molecule has 1 fully saturated rings. The molecule has 3 N–H and O–H groups in total. The van der Waals surface area contributed by atoms with Gasteiger partial charge in [-0.2, -0.15) is 0 Å². The predicted octanol–water partition coefficient (Wildman–Crippen LogP) is 1.60. The Morgan fingerprint density at radius 2 is 1.81 bits per heavy atom. The lowest BCUT2D eigenvalue weighted by molar-refractivity contribution is -0.137. The highest BCUT2D eigenvalue weighted by Gasteiger charge is 2.27. The molecule has 5 heteroatoms. The highest BCUT2D eigenvalue weighted by molar-refractivity contribution is 6.39. The molecule has 0 spiro atoms. The van der Waals surface area contributed by atoms with E-state index in [1.165, 1.54) is 0 Å². The number of amides is 2. The molecule has 1 aliphatic carbocycles. The minimum atomic E-state index is -0.666. The van der Waals surface area contributed by atoms with Gasteiger partial charge in [0.25, 0.3) is 0 Å². The van der Waals surface area contributed by atoms with Crippen LogP contribution in [0.2, 0.25) is 0 Å². The predicted molar refractivity (Wildman–Crippen MR) is 80.8 cm³/mol. The normalized spacial score (nSPS) is 21.6. The fourth-order valence-electron chi connectivity index (χ4n) is 2.67. The molecule has 0 aliphatic heterocycles. The molecular formula is C16H22N2O3. The number of rotatable bonds is 3. The van der Waals surface area contributed by atoms with Crippen LogP contribution in [0, 0.1) is 12.8 Å². The SMILES string of the molecule is Cc1ccc(NC(=O)C(=O)NC2CCCCC2CO)cc1. The van der Waals surface area contributed by atoms with Gasteiger partial charge in [0, 0.05) is 24.3 Å². The molecular weight excluding hydrogens is 268 g/mol. The van der Waals surface area contributed by atoms with Gasteiger partial charge in [-0.1, -0.05) is 30.5 Å². The zero-order valence-electron chi connectivity index (χ0n) is 12.3. The van der Waals surface area contributed by atoms with E-state index in [-0.39, 0.29) is 18.6 Å². The van der Waals surface area contributed by atoms with E-state index in [1.807, 2.05) is 19.1 Å². The number of hydrogen-bond donors (Lipinski definition) is 3. The van der Waals surface area contributed by atoms with Gasteiger partial charge in [-0.3, -0.25) is 9.59 Å². The summed E-state index contributed by atoms with van der Waals surface area (Å²) in [6.07, 6.45) is 3.78. The van der Waals surface area contributed by atoms with Crippen molar-refractivity contribution in [2.75, 3.05) is 11.9 Å². The Kier molecular flexibility index (Phi) is 5.33. The van der Waals surface area contributed by atoms with E-state index < -0.39 is 11.8 Å². The minimum Gasteiger partial charge on any atom is -0.396 e. The van der Waals surface area contributed by atoms with Crippen molar-refractivity contribution in [1.29, 1.82) is 0 Å². The van der Waals surface area contributed by atoms with Crippen molar-refractivity contribution in [3.63, 3.8) is 0 Å². The minimum absolute atomic E-state index is 0.0462. The summed E-state index contributed by atoms with van der Waals surface area (Å²) in [5, 5.41) is 14.6. The Bertz CT molecular complexity index is 499. The Labute approximate surface area is 124 Å². The summed E-state index contributed by atoms with van der Waals surface area (Å²) < 4.78 is 0. The molecule has 2 rings (SSSR count). The van der Waals surface area contributed by atoms with Gasteiger partial charge in [0.1, 0.15) is 0 Å². The van der Waals surface area contributed by atoms with Crippen LogP contribution in [0.3, 0.4) is 0 Å². The second-order valence-corrected chi connectivity index (χ2v) is 5.63. The van der Waals surface area contributed by atoms with Gasteiger partial charge in [0.05, 0.1) is 0 Å². The van der Waals surface area contributed by atoms with Gasteiger partial charge in [0.2, 0.25) is 0 Å². The van der Waals surface area contributed by atoms with Crippen LogP contribution < -0.4 is 10.6 Å². The van der Waals surface area contributed by atoms with Crippen LogP contribution in [0.5, 0.6) is 0 Å². The molecule has 1 aromatic rings. The topological polar surface area (TPSA) is 78.4 Å². The van der Waals surface area contributed by atoms with Gasteiger partial charge in [-0.25, -0.2) is 0 Å². The largest absolute Gasteiger partial charge is 0.396 e. The molecule has 2 unspecified atom stereocenters. The third-order valence-corrected chi connectivity index (χ3v) is 3.98. The number of hydrogen-bond acceptors (Lipinski definition) is 3. The van der Waals surface area contributed by atoms with Crippen LogP contribution in [0.1, 0.15) is 31.2 Å². The summed E-state index contributed by atoms with van der Waals surface area (Å²) >= 11 is 0. The molecule has 1 aromatic carbocycles. The second-order valence-electron chi connectivity index (χ2n) is 5.63. The zero-order chi connectivity index (χ0) is 15.2. The second kappa shape index (κ2) is 7.22. The Morgan fingerprint density at radius 3 is 2.48 bits per heavy atom. The Morgan fingerprint density at radius 1 is 1.14 bits per heavy atom. The first-order valence-electron chi connectivity index (χ1n) is 7.39. The Balaban J connectivity index is 1.90. The highest BCUT2D eigenvalue weighted by atomic mass is 16.3. The maximum atomic E-state index is 11.9. The van der Waals surface area contributed by atoms with E-state index in [0.717, 1.165) is 31.2 Å². The number of aliphatic hydroxyl groups is 1. The summed E-state index contributed by atoms with van der Waals surface area (Å²) in [4.78, 5) is 23.8. The maximum Gasteiger partial charge on any atom is 0.313 e. The van der Waals surface area contributed by atoms with Crippen LogP contribution >= 0.6 is 0 Å². The fraction of sp³-hybridized carbons (Fsp3) is 0.500. The van der Waals surface area contributed by atoms with Crippen molar-refractivity contribution < 1.29 is 14.7 Å². The average Bonchev–Trinajstić information content (AvgIpc) is 2.50. The lowest BCUT2D eigenvalue weighted by atomic mass is 9.85. The molecule has 1 saturated carbocycles. The van der Waals surface area contributed by atoms with E-state index in [2.05, 4.69) is 10.6 Å². The summed E-state index contributed by atoms with van der Waals surface area (Å²) in [5.74, 6) is -1.25. The lowest BCUT2D eigenvalue weighted by Crippen LogP contribution is -2.47. The Hall–Kier alpha value is -1.88. The first-order valence-corrected chi connectivity index (χ1v) is 7.39. The molecule has 2 amide bonds. The van der Waals surface area contributed by atoms with Crippen LogP contribution in [0.15, 0.2) is 24.3 Å².